The number of esters is 4. The fourth-order valence-corrected chi connectivity index (χ4v) is 13.1. The van der Waals surface area contributed by atoms with Gasteiger partial charge in [0.15, 0.2) is 12.2 Å². The van der Waals surface area contributed by atoms with Gasteiger partial charge in [-0.05, 0) is 31.6 Å². The Morgan fingerprint density at radius 3 is 0.723 bits per heavy atom. The molecule has 94 heavy (non-hydrogen) atoms. The number of unbranched alkanes of at least 4 members (excludes halogenated alkanes) is 47. The van der Waals surface area contributed by atoms with Crippen LogP contribution in [0.15, 0.2) is 0 Å². The van der Waals surface area contributed by atoms with E-state index in [1.165, 1.54) is 218 Å². The summed E-state index contributed by atoms with van der Waals surface area (Å²) >= 11 is 0. The van der Waals surface area contributed by atoms with Crippen molar-refractivity contribution in [3.8, 4) is 0 Å². The third-order valence-electron chi connectivity index (χ3n) is 17.5. The minimum Gasteiger partial charge on any atom is -0.462 e. The molecule has 0 aliphatic heterocycles. The van der Waals surface area contributed by atoms with Crippen molar-refractivity contribution in [1.82, 2.24) is 0 Å². The average molecular weight is 1380 g/mol. The molecule has 0 rings (SSSR count). The summed E-state index contributed by atoms with van der Waals surface area (Å²) in [4.78, 5) is 72.7. The maximum Gasteiger partial charge on any atom is 0.472 e. The first-order valence-corrected chi connectivity index (χ1v) is 42.1. The van der Waals surface area contributed by atoms with E-state index >= 15 is 0 Å². The van der Waals surface area contributed by atoms with E-state index in [1.807, 2.05) is 0 Å². The van der Waals surface area contributed by atoms with E-state index in [4.69, 9.17) is 37.0 Å². The quantitative estimate of drug-likeness (QED) is 0.0222. The van der Waals surface area contributed by atoms with E-state index < -0.39 is 97.5 Å². The maximum absolute atomic E-state index is 13.1. The molecule has 0 spiro atoms. The SMILES string of the molecule is CCCCCCCCCCCCCCCCCCCC(=O)OC[C@H](COP(=O)(O)OC[C@@H](O)COP(=O)(O)OC[C@@H](COC(=O)CCCCCCCCCCCC)OC(=O)CCCCCCCCCCCC)OC(=O)CCCCCCCCCCCCCCCCC(C)C. The first-order chi connectivity index (χ1) is 45.5. The Balaban J connectivity index is 5.21. The minimum absolute atomic E-state index is 0.107. The summed E-state index contributed by atoms with van der Waals surface area (Å²) in [5.41, 5.74) is 0. The highest BCUT2D eigenvalue weighted by Gasteiger charge is 2.30. The molecular formula is C75H146O17P2. The van der Waals surface area contributed by atoms with Gasteiger partial charge in [-0.3, -0.25) is 37.3 Å². The van der Waals surface area contributed by atoms with Gasteiger partial charge in [0.05, 0.1) is 26.4 Å². The van der Waals surface area contributed by atoms with Crippen LogP contribution in [-0.4, -0.2) is 96.7 Å². The fraction of sp³-hybridized carbons (Fsp3) is 0.947. The van der Waals surface area contributed by atoms with E-state index in [1.54, 1.807) is 0 Å². The molecule has 2 unspecified atom stereocenters. The van der Waals surface area contributed by atoms with Gasteiger partial charge >= 0.3 is 39.5 Å². The summed E-state index contributed by atoms with van der Waals surface area (Å²) < 4.78 is 68.4. The highest BCUT2D eigenvalue weighted by Crippen LogP contribution is 2.45. The summed E-state index contributed by atoms with van der Waals surface area (Å²) in [6.45, 7) is 7.29. The molecule has 558 valence electrons. The zero-order valence-electron chi connectivity index (χ0n) is 61.1. The van der Waals surface area contributed by atoms with Crippen LogP contribution in [-0.2, 0) is 65.4 Å². The van der Waals surface area contributed by atoms with Gasteiger partial charge in [-0.2, -0.15) is 0 Å². The highest BCUT2D eigenvalue weighted by molar-refractivity contribution is 7.47. The van der Waals surface area contributed by atoms with Crippen LogP contribution in [0.3, 0.4) is 0 Å². The second-order valence-electron chi connectivity index (χ2n) is 27.5. The molecule has 0 saturated carbocycles. The predicted octanol–water partition coefficient (Wildman–Crippen LogP) is 22.1. The van der Waals surface area contributed by atoms with Crippen LogP contribution in [0.4, 0.5) is 0 Å². The van der Waals surface area contributed by atoms with E-state index in [2.05, 4.69) is 34.6 Å². The lowest BCUT2D eigenvalue weighted by Crippen LogP contribution is -2.30. The van der Waals surface area contributed by atoms with E-state index in [0.29, 0.717) is 25.7 Å². The van der Waals surface area contributed by atoms with E-state index in [9.17, 15) is 43.2 Å². The van der Waals surface area contributed by atoms with Crippen molar-refractivity contribution in [3.63, 3.8) is 0 Å². The first-order valence-electron chi connectivity index (χ1n) is 39.1. The van der Waals surface area contributed by atoms with Gasteiger partial charge in [0.1, 0.15) is 19.3 Å². The normalized spacial score (nSPS) is 14.0. The van der Waals surface area contributed by atoms with Gasteiger partial charge in [-0.1, -0.05) is 343 Å². The molecule has 0 aromatic carbocycles. The fourth-order valence-electron chi connectivity index (χ4n) is 11.5. The molecule has 0 saturated heterocycles. The number of carbonyl (C=O) groups is 4. The van der Waals surface area contributed by atoms with Crippen molar-refractivity contribution in [1.29, 1.82) is 0 Å². The largest absolute Gasteiger partial charge is 0.472 e. The number of hydrogen-bond acceptors (Lipinski definition) is 15. The van der Waals surface area contributed by atoms with Gasteiger partial charge in [0.25, 0.3) is 0 Å². The van der Waals surface area contributed by atoms with Crippen LogP contribution >= 0.6 is 15.6 Å². The lowest BCUT2D eigenvalue weighted by molar-refractivity contribution is -0.161. The Morgan fingerprint density at radius 2 is 0.489 bits per heavy atom. The molecule has 0 aliphatic carbocycles. The molecule has 5 atom stereocenters. The zero-order valence-corrected chi connectivity index (χ0v) is 62.9. The number of hydrogen-bond donors (Lipinski definition) is 3. The molecule has 19 heteroatoms. The Kier molecular flexibility index (Phi) is 66.8. The highest BCUT2D eigenvalue weighted by atomic mass is 31.2. The Bertz CT molecular complexity index is 1810. The van der Waals surface area contributed by atoms with Crippen molar-refractivity contribution in [3.05, 3.63) is 0 Å². The average Bonchev–Trinajstić information content (AvgIpc) is 1.35. The molecule has 0 heterocycles. The number of phosphoric acid groups is 2. The summed E-state index contributed by atoms with van der Waals surface area (Å²) in [6, 6.07) is 0. The third kappa shape index (κ3) is 68.6. The molecule has 0 aliphatic rings. The van der Waals surface area contributed by atoms with Crippen LogP contribution in [0.5, 0.6) is 0 Å². The van der Waals surface area contributed by atoms with Gasteiger partial charge < -0.3 is 33.8 Å². The van der Waals surface area contributed by atoms with E-state index in [0.717, 1.165) is 95.8 Å². The molecule has 3 N–H and O–H groups in total. The molecule has 0 radical (unpaired) electrons. The number of aliphatic hydroxyl groups excluding tert-OH is 1. The van der Waals surface area contributed by atoms with Gasteiger partial charge in [0, 0.05) is 25.7 Å². The van der Waals surface area contributed by atoms with Crippen LogP contribution in [0.2, 0.25) is 0 Å². The summed E-state index contributed by atoms with van der Waals surface area (Å²) in [5, 5.41) is 10.6. The second kappa shape index (κ2) is 68.2. The Labute approximate surface area is 575 Å². The molecule has 0 bridgehead atoms. The standard InChI is InChI=1S/C75H146O17P2/c1-6-9-12-15-18-21-24-25-26-27-28-32-35-40-44-49-54-59-73(78)86-65-71(92-75(80)61-56-51-46-41-36-33-30-29-31-34-37-42-47-52-57-68(4)5)67-90-94(83,84)88-63-69(76)62-87-93(81,82)89-66-70(91-74(79)60-55-50-45-39-23-20-17-14-11-8-3)64-85-72(77)58-53-48-43-38-22-19-16-13-10-7-2/h68-71,76H,6-67H2,1-5H3,(H,81,82)(H,83,84)/t69-,70+,71+/m0/s1. The zero-order chi connectivity index (χ0) is 69.1. The van der Waals surface area contributed by atoms with Crippen LogP contribution in [0, 0.1) is 5.92 Å². The Morgan fingerprint density at radius 1 is 0.287 bits per heavy atom. The monoisotopic (exact) mass is 1380 g/mol. The van der Waals surface area contributed by atoms with Crippen molar-refractivity contribution >= 4 is 39.5 Å². The molecule has 0 aromatic heterocycles. The minimum atomic E-state index is -4.96. The van der Waals surface area contributed by atoms with Crippen molar-refractivity contribution < 1.29 is 80.2 Å². The lowest BCUT2D eigenvalue weighted by atomic mass is 10.0. The van der Waals surface area contributed by atoms with Crippen molar-refractivity contribution in [2.24, 2.45) is 5.92 Å². The number of aliphatic hydroxyl groups is 1. The number of rotatable bonds is 75. The molecule has 0 amide bonds. The van der Waals surface area contributed by atoms with Gasteiger partial charge in [-0.25, -0.2) is 9.13 Å². The van der Waals surface area contributed by atoms with E-state index in [-0.39, 0.29) is 25.7 Å². The number of carbonyl (C=O) groups excluding carboxylic acids is 4. The van der Waals surface area contributed by atoms with Crippen LogP contribution < -0.4 is 0 Å². The summed E-state index contributed by atoms with van der Waals surface area (Å²) in [7, 11) is -9.90. The second-order valence-corrected chi connectivity index (χ2v) is 30.4. The summed E-state index contributed by atoms with van der Waals surface area (Å²) in [5.74, 6) is -1.32. The topological polar surface area (TPSA) is 237 Å². The van der Waals surface area contributed by atoms with Crippen LogP contribution in [0.25, 0.3) is 0 Å². The smallest absolute Gasteiger partial charge is 0.462 e. The maximum atomic E-state index is 13.1. The first kappa shape index (κ1) is 92.1. The lowest BCUT2D eigenvalue weighted by Gasteiger charge is -2.21. The number of phosphoric ester groups is 2. The third-order valence-corrected chi connectivity index (χ3v) is 19.4. The number of ether oxygens (including phenoxy) is 4. The van der Waals surface area contributed by atoms with Gasteiger partial charge in [0.2, 0.25) is 0 Å². The molecule has 0 fully saturated rings. The van der Waals surface area contributed by atoms with Crippen LogP contribution in [0.1, 0.15) is 394 Å². The summed E-state index contributed by atoms with van der Waals surface area (Å²) in [6.07, 6.45) is 56.8. The molecule has 0 aromatic rings. The molecular weight excluding hydrogens is 1230 g/mol. The van der Waals surface area contributed by atoms with Gasteiger partial charge in [-0.15, -0.1) is 0 Å². The van der Waals surface area contributed by atoms with Crippen molar-refractivity contribution in [2.75, 3.05) is 39.6 Å². The predicted molar refractivity (Wildman–Crippen MR) is 382 cm³/mol. The Hall–Kier alpha value is -1.94. The van der Waals surface area contributed by atoms with Crippen molar-refractivity contribution in [2.45, 2.75) is 412 Å². The molecule has 17 nitrogen and oxygen atoms in total.